The number of H-pyrrole nitrogens is 1. The predicted octanol–water partition coefficient (Wildman–Crippen LogP) is 2.62. The number of hydrogen-bond acceptors (Lipinski definition) is 7. The van der Waals surface area contributed by atoms with E-state index in [0.29, 0.717) is 30.1 Å². The molecule has 0 radical (unpaired) electrons. The van der Waals surface area contributed by atoms with Crippen LogP contribution in [0.15, 0.2) is 52.5 Å². The van der Waals surface area contributed by atoms with Crippen molar-refractivity contribution in [3.8, 4) is 17.1 Å². The molecule has 0 aliphatic heterocycles. The van der Waals surface area contributed by atoms with E-state index in [-0.39, 0.29) is 41.1 Å². The third kappa shape index (κ3) is 6.16. The molecular formula is C23H28ClN5O5S. The van der Waals surface area contributed by atoms with Gasteiger partial charge in [-0.1, -0.05) is 18.9 Å². The van der Waals surface area contributed by atoms with Crippen LogP contribution in [0.2, 0.25) is 0 Å². The molecule has 0 atom stereocenters. The van der Waals surface area contributed by atoms with Gasteiger partial charge in [0.25, 0.3) is 5.56 Å². The van der Waals surface area contributed by atoms with Crippen LogP contribution in [-0.4, -0.2) is 47.8 Å². The van der Waals surface area contributed by atoms with E-state index in [9.17, 15) is 18.0 Å². The average Bonchev–Trinajstić information content (AvgIpc) is 3.51. The maximum atomic E-state index is 13.1. The molecule has 1 saturated carbocycles. The Morgan fingerprint density at radius 2 is 2.00 bits per heavy atom. The van der Waals surface area contributed by atoms with Gasteiger partial charge in [-0.25, -0.2) is 22.8 Å². The van der Waals surface area contributed by atoms with Crippen LogP contribution in [-0.2, 0) is 26.0 Å². The van der Waals surface area contributed by atoms with E-state index in [1.54, 1.807) is 18.3 Å². The third-order valence-corrected chi connectivity index (χ3v) is 7.45. The number of halogens is 1. The third-order valence-electron chi connectivity index (χ3n) is 6.04. The molecule has 10 nitrogen and oxygen atoms in total. The summed E-state index contributed by atoms with van der Waals surface area (Å²) in [6.07, 6.45) is 9.23. The summed E-state index contributed by atoms with van der Waals surface area (Å²) in [5.74, 6) is 0.276. The largest absolute Gasteiger partial charge is 0.469 e. The fourth-order valence-corrected chi connectivity index (χ4v) is 5.18. The first kappa shape index (κ1) is 26.6. The average molecular weight is 522 g/mol. The molecule has 12 heteroatoms. The van der Waals surface area contributed by atoms with Crippen LogP contribution in [0.3, 0.4) is 0 Å². The first-order valence-electron chi connectivity index (χ1n) is 11.2. The van der Waals surface area contributed by atoms with Crippen LogP contribution in [0.4, 0.5) is 0 Å². The second-order valence-corrected chi connectivity index (χ2v) is 10.0. The molecule has 1 aliphatic rings. The van der Waals surface area contributed by atoms with E-state index >= 15 is 0 Å². The van der Waals surface area contributed by atoms with Crippen molar-refractivity contribution in [2.45, 2.75) is 43.4 Å². The minimum Gasteiger partial charge on any atom is -0.469 e. The highest BCUT2D eigenvalue weighted by Gasteiger charge is 2.21. The van der Waals surface area contributed by atoms with Crippen molar-refractivity contribution in [1.82, 2.24) is 24.5 Å². The molecule has 0 unspecified atom stereocenters. The number of hydrogen-bond donors (Lipinski definition) is 2. The second kappa shape index (κ2) is 11.6. The maximum Gasteiger partial charge on any atom is 0.305 e. The molecule has 0 saturated heterocycles. The number of ether oxygens (including phenoxy) is 1. The molecule has 3 aromatic heterocycles. The van der Waals surface area contributed by atoms with Crippen molar-refractivity contribution in [3.63, 3.8) is 0 Å². The van der Waals surface area contributed by atoms with Crippen LogP contribution in [0.25, 0.3) is 17.1 Å². The number of sulfonamides is 1. The molecule has 0 bridgehead atoms. The van der Waals surface area contributed by atoms with E-state index in [1.807, 2.05) is 0 Å². The van der Waals surface area contributed by atoms with Crippen LogP contribution < -0.4 is 10.3 Å². The van der Waals surface area contributed by atoms with Gasteiger partial charge in [-0.3, -0.25) is 19.7 Å². The van der Waals surface area contributed by atoms with E-state index < -0.39 is 10.0 Å². The number of aryl methyl sites for hydroxylation is 1. The van der Waals surface area contributed by atoms with Gasteiger partial charge in [0, 0.05) is 31.6 Å². The Bertz CT molecular complexity index is 1310. The lowest BCUT2D eigenvalue weighted by Crippen LogP contribution is -2.28. The summed E-state index contributed by atoms with van der Waals surface area (Å²) in [4.78, 5) is 33.2. The number of esters is 1. The monoisotopic (exact) mass is 521 g/mol. The Morgan fingerprint density at radius 1 is 1.23 bits per heavy atom. The quantitative estimate of drug-likeness (QED) is 0.413. The van der Waals surface area contributed by atoms with Crippen molar-refractivity contribution in [3.05, 3.63) is 58.8 Å². The molecule has 1 fully saturated rings. The molecule has 0 amide bonds. The van der Waals surface area contributed by atoms with Gasteiger partial charge in [-0.15, -0.1) is 12.4 Å². The Kier molecular flexibility index (Phi) is 8.82. The normalized spacial score (nSPS) is 14.0. The van der Waals surface area contributed by atoms with Crippen molar-refractivity contribution in [1.29, 1.82) is 0 Å². The van der Waals surface area contributed by atoms with E-state index in [1.165, 1.54) is 36.3 Å². The molecular weight excluding hydrogens is 494 g/mol. The lowest BCUT2D eigenvalue weighted by atomic mass is 10.0. The SMILES string of the molecule is COC(=O)CCc1cccnc1-c1c[nH]n(-c2ccc(S(=O)(=O)NCC3CCCC3)cn2)c1=O.Cl. The van der Waals surface area contributed by atoms with Crippen LogP contribution >= 0.6 is 12.4 Å². The van der Waals surface area contributed by atoms with Crippen molar-refractivity contribution in [2.24, 2.45) is 5.92 Å². The molecule has 0 aromatic carbocycles. The van der Waals surface area contributed by atoms with E-state index in [2.05, 4.69) is 19.8 Å². The molecule has 188 valence electrons. The smallest absolute Gasteiger partial charge is 0.305 e. The summed E-state index contributed by atoms with van der Waals surface area (Å²) in [7, 11) is -2.35. The van der Waals surface area contributed by atoms with Crippen molar-refractivity contribution >= 4 is 28.4 Å². The fraction of sp³-hybridized carbons (Fsp3) is 0.391. The number of nitrogens with one attached hydrogen (secondary N) is 2. The van der Waals surface area contributed by atoms with Crippen LogP contribution in [0, 0.1) is 5.92 Å². The summed E-state index contributed by atoms with van der Waals surface area (Å²) < 4.78 is 33.8. The van der Waals surface area contributed by atoms with Gasteiger partial charge in [-0.2, -0.15) is 0 Å². The standard InChI is InChI=1S/C23H27N5O5S.ClH/c1-33-21(29)11-8-17-7-4-12-24-22(17)19-15-26-28(23(19)30)20-10-9-18(14-25-20)34(31,32)27-13-16-5-2-3-6-16;/h4,7,9-10,12,14-16,26-27H,2-3,5-6,8,11,13H2,1H3;1H. The Morgan fingerprint density at radius 3 is 2.69 bits per heavy atom. The summed E-state index contributed by atoms with van der Waals surface area (Å²) in [5, 5.41) is 2.86. The number of pyridine rings is 2. The first-order valence-corrected chi connectivity index (χ1v) is 12.6. The number of aromatic amines is 1. The highest BCUT2D eigenvalue weighted by atomic mass is 35.5. The molecule has 2 N–H and O–H groups in total. The fourth-order valence-electron chi connectivity index (χ4n) is 4.12. The molecule has 1 aliphatic carbocycles. The van der Waals surface area contributed by atoms with Gasteiger partial charge in [0.05, 0.1) is 18.4 Å². The van der Waals surface area contributed by atoms with Gasteiger partial charge < -0.3 is 4.74 Å². The van der Waals surface area contributed by atoms with Gasteiger partial charge >= 0.3 is 5.97 Å². The van der Waals surface area contributed by atoms with Gasteiger partial charge in [0.2, 0.25) is 10.0 Å². The van der Waals surface area contributed by atoms with Crippen molar-refractivity contribution in [2.75, 3.05) is 13.7 Å². The summed E-state index contributed by atoms with van der Waals surface area (Å²) in [6, 6.07) is 6.44. The number of nitrogens with zero attached hydrogens (tertiary/aromatic N) is 3. The van der Waals surface area contributed by atoms with E-state index in [0.717, 1.165) is 31.2 Å². The number of rotatable bonds is 9. The second-order valence-electron chi connectivity index (χ2n) is 8.27. The predicted molar refractivity (Wildman–Crippen MR) is 132 cm³/mol. The summed E-state index contributed by atoms with van der Waals surface area (Å²) in [6.45, 7) is 0.423. The Hall–Kier alpha value is -3.02. The molecule has 0 spiro atoms. The molecule has 3 heterocycles. The first-order chi connectivity index (χ1) is 16.4. The van der Waals surface area contributed by atoms with Crippen LogP contribution in [0.5, 0.6) is 0 Å². The number of carbonyl (C=O) groups is 1. The maximum absolute atomic E-state index is 13.1. The summed E-state index contributed by atoms with van der Waals surface area (Å²) in [5.41, 5.74) is 1.12. The Balaban J connectivity index is 0.00000342. The van der Waals surface area contributed by atoms with Gasteiger partial charge in [0.1, 0.15) is 4.90 Å². The number of aromatic nitrogens is 4. The highest BCUT2D eigenvalue weighted by molar-refractivity contribution is 7.89. The highest BCUT2D eigenvalue weighted by Crippen LogP contribution is 2.24. The lowest BCUT2D eigenvalue weighted by molar-refractivity contribution is -0.140. The van der Waals surface area contributed by atoms with E-state index in [4.69, 9.17) is 4.74 Å². The molecule has 4 rings (SSSR count). The lowest BCUT2D eigenvalue weighted by Gasteiger charge is -2.11. The molecule has 3 aromatic rings. The minimum absolute atomic E-state index is 0. The van der Waals surface area contributed by atoms with Crippen molar-refractivity contribution < 1.29 is 17.9 Å². The number of carbonyl (C=O) groups excluding carboxylic acids is 1. The van der Waals surface area contributed by atoms with Gasteiger partial charge in [0.15, 0.2) is 5.82 Å². The van der Waals surface area contributed by atoms with Crippen LogP contribution in [0.1, 0.15) is 37.7 Å². The minimum atomic E-state index is -3.67. The summed E-state index contributed by atoms with van der Waals surface area (Å²) >= 11 is 0. The Labute approximate surface area is 209 Å². The zero-order valence-electron chi connectivity index (χ0n) is 19.3. The zero-order valence-corrected chi connectivity index (χ0v) is 20.9. The number of methoxy groups -OCH3 is 1. The topological polar surface area (TPSA) is 136 Å². The zero-order chi connectivity index (χ0) is 24.1. The van der Waals surface area contributed by atoms with Gasteiger partial charge in [-0.05, 0) is 48.9 Å². The molecule has 35 heavy (non-hydrogen) atoms.